The van der Waals surface area contributed by atoms with Crippen LogP contribution in [0.2, 0.25) is 0 Å². The number of rotatable bonds is 4. The molecule has 6 nitrogen and oxygen atoms in total. The number of ether oxygens (including phenoxy) is 1. The van der Waals surface area contributed by atoms with E-state index in [2.05, 4.69) is 5.32 Å². The van der Waals surface area contributed by atoms with Gasteiger partial charge in [-0.3, -0.25) is 9.10 Å². The first-order valence-corrected chi connectivity index (χ1v) is 10.5. The molecule has 1 aliphatic rings. The zero-order valence-corrected chi connectivity index (χ0v) is 16.5. The Morgan fingerprint density at radius 2 is 1.97 bits per heavy atom. The van der Waals surface area contributed by atoms with E-state index in [0.29, 0.717) is 5.69 Å². The molecule has 29 heavy (non-hydrogen) atoms. The predicted octanol–water partition coefficient (Wildman–Crippen LogP) is 2.86. The van der Waals surface area contributed by atoms with Gasteiger partial charge in [-0.1, -0.05) is 18.2 Å². The third-order valence-corrected chi connectivity index (χ3v) is 5.54. The van der Waals surface area contributed by atoms with Crippen molar-refractivity contribution in [3.63, 3.8) is 0 Å². The van der Waals surface area contributed by atoms with E-state index < -0.39 is 33.8 Å². The average Bonchev–Trinajstić information content (AvgIpc) is 2.64. The zero-order valence-electron chi connectivity index (χ0n) is 15.7. The van der Waals surface area contributed by atoms with E-state index in [4.69, 9.17) is 4.74 Å². The van der Waals surface area contributed by atoms with Crippen molar-refractivity contribution in [2.75, 3.05) is 17.1 Å². The summed E-state index contributed by atoms with van der Waals surface area (Å²) in [6, 6.07) is 9.55. The molecule has 1 N–H and O–H groups in total. The molecule has 0 aliphatic carbocycles. The van der Waals surface area contributed by atoms with Gasteiger partial charge in [0, 0.05) is 6.54 Å². The lowest BCUT2D eigenvalue weighted by Crippen LogP contribution is -2.50. The van der Waals surface area contributed by atoms with Crippen molar-refractivity contribution in [3.8, 4) is 5.75 Å². The number of amides is 1. The van der Waals surface area contributed by atoms with Gasteiger partial charge in [0.15, 0.2) is 6.10 Å². The molecule has 0 aromatic heterocycles. The van der Waals surface area contributed by atoms with Gasteiger partial charge in [-0.2, -0.15) is 13.2 Å². The van der Waals surface area contributed by atoms with Crippen molar-refractivity contribution >= 4 is 21.6 Å². The molecule has 0 saturated carbocycles. The Labute approximate surface area is 166 Å². The van der Waals surface area contributed by atoms with Crippen molar-refractivity contribution in [1.29, 1.82) is 0 Å². The van der Waals surface area contributed by atoms with Crippen LogP contribution in [-0.2, 0) is 27.5 Å². The number of benzene rings is 2. The summed E-state index contributed by atoms with van der Waals surface area (Å²) < 4.78 is 69.5. The molecule has 2 aromatic rings. The molecule has 1 heterocycles. The first-order valence-electron chi connectivity index (χ1n) is 8.64. The predicted molar refractivity (Wildman–Crippen MR) is 101 cm³/mol. The van der Waals surface area contributed by atoms with Crippen LogP contribution in [0.4, 0.5) is 18.9 Å². The number of fused-ring (bicyclic) bond motifs is 1. The third kappa shape index (κ3) is 4.81. The van der Waals surface area contributed by atoms with E-state index in [1.807, 2.05) is 0 Å². The summed E-state index contributed by atoms with van der Waals surface area (Å²) in [5, 5.41) is 2.51. The Morgan fingerprint density at radius 3 is 2.62 bits per heavy atom. The second-order valence-corrected chi connectivity index (χ2v) is 8.69. The van der Waals surface area contributed by atoms with Gasteiger partial charge < -0.3 is 10.1 Å². The maximum Gasteiger partial charge on any atom is 0.416 e. The highest BCUT2D eigenvalue weighted by Crippen LogP contribution is 2.36. The molecule has 0 unspecified atom stereocenters. The molecule has 0 bridgehead atoms. The normalized spacial score (nSPS) is 16.7. The molecule has 1 amide bonds. The Morgan fingerprint density at radius 1 is 1.24 bits per heavy atom. The molecule has 1 aliphatic heterocycles. The Bertz CT molecular complexity index is 1040. The lowest BCUT2D eigenvalue weighted by molar-refractivity contribution is -0.137. The number of hydrogen-bond donors (Lipinski definition) is 1. The molecular weight excluding hydrogens is 409 g/mol. The maximum atomic E-state index is 12.8. The first-order chi connectivity index (χ1) is 13.4. The van der Waals surface area contributed by atoms with E-state index in [1.54, 1.807) is 25.1 Å². The lowest BCUT2D eigenvalue weighted by Gasteiger charge is -2.34. The molecule has 0 radical (unpaired) electrons. The number of hydrogen-bond acceptors (Lipinski definition) is 4. The minimum Gasteiger partial charge on any atom is -0.476 e. The van der Waals surface area contributed by atoms with Gasteiger partial charge in [-0.25, -0.2) is 8.42 Å². The molecular formula is C19H19F3N2O4S. The monoisotopic (exact) mass is 428 g/mol. The fourth-order valence-corrected chi connectivity index (χ4v) is 3.88. The zero-order chi connectivity index (χ0) is 21.4. The van der Waals surface area contributed by atoms with Gasteiger partial charge in [0.25, 0.3) is 5.91 Å². The summed E-state index contributed by atoms with van der Waals surface area (Å²) in [7, 11) is -3.66. The van der Waals surface area contributed by atoms with Crippen LogP contribution in [0.25, 0.3) is 0 Å². The van der Waals surface area contributed by atoms with E-state index >= 15 is 0 Å². The maximum absolute atomic E-state index is 12.8. The van der Waals surface area contributed by atoms with Crippen molar-refractivity contribution in [1.82, 2.24) is 5.32 Å². The third-order valence-electron chi connectivity index (χ3n) is 4.40. The van der Waals surface area contributed by atoms with E-state index in [0.717, 1.165) is 28.3 Å². The average molecular weight is 428 g/mol. The van der Waals surface area contributed by atoms with Gasteiger partial charge >= 0.3 is 6.18 Å². The highest BCUT2D eigenvalue weighted by molar-refractivity contribution is 7.92. The largest absolute Gasteiger partial charge is 0.476 e. The van der Waals surface area contributed by atoms with Gasteiger partial charge in [0.05, 0.1) is 24.1 Å². The van der Waals surface area contributed by atoms with Crippen LogP contribution in [0.5, 0.6) is 5.75 Å². The SMILES string of the molecule is Cc1ccc2c(c1)N(S(C)(=O)=O)C[C@@H](C(=O)NCc1cccc(C(F)(F)F)c1)O2. The Hall–Kier alpha value is -2.75. The standard InChI is InChI=1S/C19H19F3N2O4S/c1-12-6-7-16-15(8-12)24(29(2,26)27)11-17(28-16)18(25)23-10-13-4-3-5-14(9-13)19(20,21)22/h3-9,17H,10-11H2,1-2H3,(H,23,25)/t17-/m0/s1. The van der Waals surface area contributed by atoms with Gasteiger partial charge in [0.2, 0.25) is 10.0 Å². The minimum atomic E-state index is -4.48. The van der Waals surface area contributed by atoms with Crippen LogP contribution in [0.1, 0.15) is 16.7 Å². The molecule has 1 atom stereocenters. The summed E-state index contributed by atoms with van der Waals surface area (Å²) in [6.07, 6.45) is -4.59. The molecule has 0 spiro atoms. The quantitative estimate of drug-likeness (QED) is 0.813. The smallest absolute Gasteiger partial charge is 0.416 e. The topological polar surface area (TPSA) is 75.7 Å². The van der Waals surface area contributed by atoms with Gasteiger partial charge in [-0.15, -0.1) is 0 Å². The molecule has 2 aromatic carbocycles. The van der Waals surface area contributed by atoms with Crippen LogP contribution in [0, 0.1) is 6.92 Å². The number of aryl methyl sites for hydroxylation is 1. The number of nitrogens with zero attached hydrogens (tertiary/aromatic N) is 1. The minimum absolute atomic E-state index is 0.151. The van der Waals surface area contributed by atoms with Gasteiger partial charge in [-0.05, 0) is 42.3 Å². The van der Waals surface area contributed by atoms with Crippen LogP contribution in [-0.4, -0.2) is 33.2 Å². The van der Waals surface area contributed by atoms with Crippen LogP contribution in [0.15, 0.2) is 42.5 Å². The number of alkyl halides is 3. The van der Waals surface area contributed by atoms with E-state index in [1.165, 1.54) is 12.1 Å². The summed E-state index contributed by atoms with van der Waals surface area (Å²) >= 11 is 0. The number of halogens is 3. The second-order valence-electron chi connectivity index (χ2n) is 6.79. The molecule has 0 fully saturated rings. The Kier molecular flexibility index (Phi) is 5.48. The number of anilines is 1. The van der Waals surface area contributed by atoms with Gasteiger partial charge in [0.1, 0.15) is 5.75 Å². The lowest BCUT2D eigenvalue weighted by atomic mass is 10.1. The van der Waals surface area contributed by atoms with Crippen LogP contribution >= 0.6 is 0 Å². The van der Waals surface area contributed by atoms with E-state index in [9.17, 15) is 26.4 Å². The van der Waals surface area contributed by atoms with Crippen LogP contribution < -0.4 is 14.4 Å². The fourth-order valence-electron chi connectivity index (χ4n) is 2.97. The number of carbonyl (C=O) groups is 1. The number of nitrogens with one attached hydrogen (secondary N) is 1. The van der Waals surface area contributed by atoms with Crippen molar-refractivity contribution < 1.29 is 31.1 Å². The second kappa shape index (κ2) is 7.58. The number of sulfonamides is 1. The number of carbonyl (C=O) groups excluding carboxylic acids is 1. The molecule has 10 heteroatoms. The molecule has 0 saturated heterocycles. The fraction of sp³-hybridized carbons (Fsp3) is 0.316. The summed E-state index contributed by atoms with van der Waals surface area (Å²) in [6.45, 7) is 1.42. The summed E-state index contributed by atoms with van der Waals surface area (Å²) in [5.74, 6) is -0.381. The summed E-state index contributed by atoms with van der Waals surface area (Å²) in [5.41, 5.74) is 0.619. The van der Waals surface area contributed by atoms with Crippen molar-refractivity contribution in [2.45, 2.75) is 25.7 Å². The molecule has 3 rings (SSSR count). The van der Waals surface area contributed by atoms with Crippen molar-refractivity contribution in [2.24, 2.45) is 0 Å². The van der Waals surface area contributed by atoms with Crippen molar-refractivity contribution in [3.05, 3.63) is 59.2 Å². The van der Waals surface area contributed by atoms with E-state index in [-0.39, 0.29) is 24.4 Å². The molecule has 156 valence electrons. The highest BCUT2D eigenvalue weighted by atomic mass is 32.2. The first kappa shape index (κ1) is 21.0. The summed E-state index contributed by atoms with van der Waals surface area (Å²) in [4.78, 5) is 12.5. The Balaban J connectivity index is 1.76. The highest BCUT2D eigenvalue weighted by Gasteiger charge is 2.35. The van der Waals surface area contributed by atoms with Crippen LogP contribution in [0.3, 0.4) is 0 Å².